The zero-order chi connectivity index (χ0) is 11.4. The van der Waals surface area contributed by atoms with E-state index in [1.807, 2.05) is 19.1 Å². The summed E-state index contributed by atoms with van der Waals surface area (Å²) in [5, 5.41) is 10.4. The van der Waals surface area contributed by atoms with E-state index < -0.39 is 12.1 Å². The number of hydrogen-bond acceptors (Lipinski definition) is 2. The van der Waals surface area contributed by atoms with Gasteiger partial charge in [0.05, 0.1) is 12.1 Å². The summed E-state index contributed by atoms with van der Waals surface area (Å²) in [4.78, 5) is 0. The summed E-state index contributed by atoms with van der Waals surface area (Å²) < 4.78 is 0.918. The van der Waals surface area contributed by atoms with E-state index in [2.05, 4.69) is 15.9 Å². The topological polar surface area (TPSA) is 46.2 Å². The Morgan fingerprint density at radius 1 is 1.50 bits per heavy atom. The van der Waals surface area contributed by atoms with Crippen LogP contribution in [0, 0.1) is 0 Å². The molecule has 5 heteroatoms. The van der Waals surface area contributed by atoms with Gasteiger partial charge in [0.2, 0.25) is 0 Å². The summed E-state index contributed by atoms with van der Waals surface area (Å²) in [6.45, 7) is 2.01. The molecule has 1 aromatic rings. The lowest BCUT2D eigenvalue weighted by atomic mass is 9.99. The molecule has 0 aliphatic rings. The molecular weight excluding hydrogens is 313 g/mol. The summed E-state index contributed by atoms with van der Waals surface area (Å²) in [5.74, 6) is 0. The van der Waals surface area contributed by atoms with Gasteiger partial charge in [0.25, 0.3) is 0 Å². The minimum absolute atomic E-state index is 0. The first-order chi connectivity index (χ1) is 7.06. The molecule has 0 aliphatic carbocycles. The van der Waals surface area contributed by atoms with Crippen LogP contribution in [-0.2, 0) is 0 Å². The third-order valence-electron chi connectivity index (χ3n) is 2.32. The van der Waals surface area contributed by atoms with Gasteiger partial charge in [-0.15, -0.1) is 12.4 Å². The van der Waals surface area contributed by atoms with E-state index in [0.29, 0.717) is 11.4 Å². The Kier molecular flexibility index (Phi) is 7.61. The molecule has 16 heavy (non-hydrogen) atoms. The number of aliphatic hydroxyl groups is 1. The lowest BCUT2D eigenvalue weighted by Gasteiger charge is -2.19. The van der Waals surface area contributed by atoms with Crippen molar-refractivity contribution < 1.29 is 5.11 Å². The first-order valence-electron chi connectivity index (χ1n) is 4.94. The summed E-state index contributed by atoms with van der Waals surface area (Å²) in [6, 6.07) is 5.06. The van der Waals surface area contributed by atoms with E-state index in [-0.39, 0.29) is 12.4 Å². The Hall–Kier alpha value is 0.200. The van der Waals surface area contributed by atoms with Crippen molar-refractivity contribution in [1.29, 1.82) is 0 Å². The lowest BCUT2D eigenvalue weighted by Crippen LogP contribution is -2.26. The highest BCUT2D eigenvalue weighted by molar-refractivity contribution is 9.10. The van der Waals surface area contributed by atoms with Crippen LogP contribution < -0.4 is 5.73 Å². The second kappa shape index (κ2) is 7.51. The average molecular weight is 329 g/mol. The molecule has 0 amide bonds. The molecule has 0 aliphatic heterocycles. The molecule has 0 bridgehead atoms. The zero-order valence-corrected chi connectivity index (χ0v) is 12.1. The van der Waals surface area contributed by atoms with E-state index in [9.17, 15) is 5.11 Å². The van der Waals surface area contributed by atoms with Crippen LogP contribution in [0.3, 0.4) is 0 Å². The first kappa shape index (κ1) is 16.2. The first-order valence-corrected chi connectivity index (χ1v) is 6.12. The van der Waals surface area contributed by atoms with Crippen LogP contribution in [0.2, 0.25) is 5.02 Å². The van der Waals surface area contributed by atoms with Gasteiger partial charge in [0.15, 0.2) is 0 Å². The van der Waals surface area contributed by atoms with Crippen molar-refractivity contribution in [3.05, 3.63) is 33.3 Å². The number of rotatable bonds is 4. The summed E-state index contributed by atoms with van der Waals surface area (Å²) in [6.07, 6.45) is 1.05. The van der Waals surface area contributed by atoms with Crippen LogP contribution in [0.4, 0.5) is 0 Å². The van der Waals surface area contributed by atoms with Gasteiger partial charge in [-0.2, -0.15) is 0 Å². The van der Waals surface area contributed by atoms with Gasteiger partial charge in [-0.3, -0.25) is 0 Å². The highest BCUT2D eigenvalue weighted by Gasteiger charge is 2.18. The van der Waals surface area contributed by atoms with Crippen molar-refractivity contribution in [1.82, 2.24) is 0 Å². The Morgan fingerprint density at radius 2 is 2.12 bits per heavy atom. The monoisotopic (exact) mass is 327 g/mol. The van der Waals surface area contributed by atoms with Crippen LogP contribution in [0.5, 0.6) is 0 Å². The molecule has 0 unspecified atom stereocenters. The Balaban J connectivity index is 0.00000225. The van der Waals surface area contributed by atoms with Crippen LogP contribution in [-0.4, -0.2) is 11.2 Å². The lowest BCUT2D eigenvalue weighted by molar-refractivity contribution is 0.134. The van der Waals surface area contributed by atoms with Crippen LogP contribution in [0.15, 0.2) is 22.7 Å². The summed E-state index contributed by atoms with van der Waals surface area (Å²) in [5.41, 5.74) is 6.72. The van der Waals surface area contributed by atoms with Crippen molar-refractivity contribution in [2.45, 2.75) is 31.9 Å². The molecule has 3 N–H and O–H groups in total. The van der Waals surface area contributed by atoms with Crippen molar-refractivity contribution in [2.24, 2.45) is 5.73 Å². The molecule has 0 saturated carbocycles. The molecule has 0 spiro atoms. The van der Waals surface area contributed by atoms with E-state index >= 15 is 0 Å². The van der Waals surface area contributed by atoms with E-state index in [0.717, 1.165) is 16.5 Å². The quantitative estimate of drug-likeness (QED) is 0.885. The maximum absolute atomic E-state index is 9.79. The van der Waals surface area contributed by atoms with Gasteiger partial charge in [0.1, 0.15) is 0 Å². The van der Waals surface area contributed by atoms with Crippen molar-refractivity contribution in [3.63, 3.8) is 0 Å². The van der Waals surface area contributed by atoms with Gasteiger partial charge in [-0.25, -0.2) is 0 Å². The number of hydrogen-bond donors (Lipinski definition) is 2. The SMILES string of the molecule is CCC[C@@H](O)[C@@H](N)c1cc(Br)ccc1Cl.Cl. The Labute approximate surface area is 116 Å². The fourth-order valence-corrected chi connectivity index (χ4v) is 2.07. The Bertz CT molecular complexity index is 336. The molecule has 2 nitrogen and oxygen atoms in total. The summed E-state index contributed by atoms with van der Waals surface area (Å²) >= 11 is 9.38. The van der Waals surface area contributed by atoms with Crippen molar-refractivity contribution in [2.75, 3.05) is 0 Å². The fourth-order valence-electron chi connectivity index (χ4n) is 1.45. The highest BCUT2D eigenvalue weighted by atomic mass is 79.9. The minimum Gasteiger partial charge on any atom is -0.391 e. The molecule has 0 radical (unpaired) electrons. The molecule has 1 rings (SSSR count). The van der Waals surface area contributed by atoms with E-state index in [1.54, 1.807) is 6.07 Å². The highest BCUT2D eigenvalue weighted by Crippen LogP contribution is 2.28. The van der Waals surface area contributed by atoms with Crippen molar-refractivity contribution >= 4 is 39.9 Å². The average Bonchev–Trinajstić information content (AvgIpc) is 2.21. The molecule has 0 saturated heterocycles. The van der Waals surface area contributed by atoms with Crippen LogP contribution in [0.1, 0.15) is 31.4 Å². The third kappa shape index (κ3) is 4.22. The Morgan fingerprint density at radius 3 is 2.69 bits per heavy atom. The number of aliphatic hydroxyl groups excluding tert-OH is 1. The maximum Gasteiger partial charge on any atom is 0.0733 e. The second-order valence-electron chi connectivity index (χ2n) is 3.55. The number of benzene rings is 1. The standard InChI is InChI=1S/C11H15BrClNO.ClH/c1-2-3-10(15)11(14)8-6-7(12)4-5-9(8)13;/h4-6,10-11,15H,2-3,14H2,1H3;1H/t10-,11+;/m1./s1. The van der Waals surface area contributed by atoms with E-state index in [4.69, 9.17) is 17.3 Å². The molecular formula is C11H16BrCl2NO. The normalized spacial score (nSPS) is 14.1. The smallest absolute Gasteiger partial charge is 0.0733 e. The van der Waals surface area contributed by atoms with Gasteiger partial charge in [-0.05, 0) is 30.2 Å². The van der Waals surface area contributed by atoms with Gasteiger partial charge >= 0.3 is 0 Å². The van der Waals surface area contributed by atoms with Crippen molar-refractivity contribution in [3.8, 4) is 0 Å². The molecule has 0 fully saturated rings. The fraction of sp³-hybridized carbons (Fsp3) is 0.455. The van der Waals surface area contributed by atoms with E-state index in [1.165, 1.54) is 0 Å². The molecule has 1 aromatic carbocycles. The predicted octanol–water partition coefficient (Wildman–Crippen LogP) is 3.69. The third-order valence-corrected chi connectivity index (χ3v) is 3.15. The maximum atomic E-state index is 9.79. The molecule has 0 aromatic heterocycles. The van der Waals surface area contributed by atoms with Gasteiger partial charge in [-0.1, -0.05) is 40.9 Å². The second-order valence-corrected chi connectivity index (χ2v) is 4.87. The number of nitrogens with two attached hydrogens (primary N) is 1. The minimum atomic E-state index is -0.540. The summed E-state index contributed by atoms with van der Waals surface area (Å²) in [7, 11) is 0. The van der Waals surface area contributed by atoms with Gasteiger partial charge < -0.3 is 10.8 Å². The largest absolute Gasteiger partial charge is 0.391 e. The van der Waals surface area contributed by atoms with Crippen LogP contribution in [0.25, 0.3) is 0 Å². The van der Waals surface area contributed by atoms with Crippen LogP contribution >= 0.6 is 39.9 Å². The zero-order valence-electron chi connectivity index (χ0n) is 8.99. The van der Waals surface area contributed by atoms with Gasteiger partial charge in [0, 0.05) is 9.50 Å². The molecule has 92 valence electrons. The molecule has 2 atom stereocenters. The predicted molar refractivity (Wildman–Crippen MR) is 74.2 cm³/mol. The molecule has 0 heterocycles. The number of halogens is 3.